The molecule has 34 heavy (non-hydrogen) atoms. The van der Waals surface area contributed by atoms with Crippen LogP contribution in [0.15, 0.2) is 82.4 Å². The van der Waals surface area contributed by atoms with Gasteiger partial charge in [-0.2, -0.15) is 0 Å². The summed E-state index contributed by atoms with van der Waals surface area (Å²) in [6, 6.07) is 22.2. The summed E-state index contributed by atoms with van der Waals surface area (Å²) in [5, 5.41) is 3.22. The predicted molar refractivity (Wildman–Crippen MR) is 132 cm³/mol. The van der Waals surface area contributed by atoms with Gasteiger partial charge in [-0.3, -0.25) is 18.7 Å². The van der Waals surface area contributed by atoms with Crippen LogP contribution in [0.4, 0.5) is 0 Å². The van der Waals surface area contributed by atoms with E-state index in [1.54, 1.807) is 32.4 Å². The second-order valence-corrected chi connectivity index (χ2v) is 8.15. The molecule has 4 aromatic rings. The molecular weight excluding hydrogens is 430 g/mol. The van der Waals surface area contributed by atoms with E-state index < -0.39 is 0 Å². The van der Waals surface area contributed by atoms with Crippen molar-refractivity contribution in [3.8, 4) is 5.75 Å². The lowest BCUT2D eigenvalue weighted by Gasteiger charge is -2.12. The average molecular weight is 458 g/mol. The van der Waals surface area contributed by atoms with Crippen LogP contribution in [0.5, 0.6) is 5.75 Å². The topological polar surface area (TPSA) is 82.3 Å². The second kappa shape index (κ2) is 10.2. The summed E-state index contributed by atoms with van der Waals surface area (Å²) in [6.45, 7) is 0.655. The van der Waals surface area contributed by atoms with Crippen LogP contribution < -0.4 is 21.3 Å². The molecule has 4 rings (SSSR count). The van der Waals surface area contributed by atoms with E-state index in [1.165, 1.54) is 9.13 Å². The molecule has 3 aromatic carbocycles. The molecule has 7 nitrogen and oxygen atoms in total. The van der Waals surface area contributed by atoms with Gasteiger partial charge in [0.05, 0.1) is 18.0 Å². The van der Waals surface area contributed by atoms with Crippen LogP contribution in [0.25, 0.3) is 10.9 Å². The number of ether oxygens (including phenoxy) is 1. The number of carbonyl (C=O) groups excluding carboxylic acids is 1. The molecule has 1 aromatic heterocycles. The van der Waals surface area contributed by atoms with Gasteiger partial charge in [-0.05, 0) is 54.3 Å². The summed E-state index contributed by atoms with van der Waals surface area (Å²) in [5.41, 5.74) is 2.22. The Labute approximate surface area is 197 Å². The molecule has 174 valence electrons. The first kappa shape index (κ1) is 23.0. The molecule has 0 spiro atoms. The zero-order valence-electron chi connectivity index (χ0n) is 19.3. The van der Waals surface area contributed by atoms with E-state index in [0.717, 1.165) is 23.3 Å². The van der Waals surface area contributed by atoms with E-state index in [2.05, 4.69) is 5.32 Å². The Hall–Kier alpha value is -4.13. The third kappa shape index (κ3) is 4.93. The minimum absolute atomic E-state index is 0.290. The Morgan fingerprint density at radius 1 is 0.941 bits per heavy atom. The fraction of sp³-hybridized carbons (Fsp3) is 0.222. The highest BCUT2D eigenvalue weighted by Gasteiger charge is 2.14. The molecule has 0 radical (unpaired) electrons. The van der Waals surface area contributed by atoms with Gasteiger partial charge in [-0.25, -0.2) is 4.79 Å². The second-order valence-electron chi connectivity index (χ2n) is 8.15. The zero-order valence-corrected chi connectivity index (χ0v) is 19.3. The van der Waals surface area contributed by atoms with Gasteiger partial charge < -0.3 is 10.1 Å². The largest absolute Gasteiger partial charge is 0.497 e. The van der Waals surface area contributed by atoms with Gasteiger partial charge in [0, 0.05) is 25.7 Å². The fourth-order valence-electron chi connectivity index (χ4n) is 3.97. The predicted octanol–water partition coefficient (Wildman–Crippen LogP) is 3.27. The first-order valence-corrected chi connectivity index (χ1v) is 11.2. The van der Waals surface area contributed by atoms with Gasteiger partial charge in [0.15, 0.2) is 0 Å². The van der Waals surface area contributed by atoms with E-state index in [4.69, 9.17) is 4.74 Å². The average Bonchev–Trinajstić information content (AvgIpc) is 2.88. The molecule has 0 fully saturated rings. The first-order valence-electron chi connectivity index (χ1n) is 11.2. The summed E-state index contributed by atoms with van der Waals surface area (Å²) in [6.07, 6.45) is 1.43. The number of hydrogen-bond donors (Lipinski definition) is 1. The van der Waals surface area contributed by atoms with Crippen molar-refractivity contribution in [2.75, 3.05) is 7.11 Å². The van der Waals surface area contributed by atoms with Crippen LogP contribution in [0.3, 0.4) is 0 Å². The molecular formula is C27H27N3O4. The van der Waals surface area contributed by atoms with Crippen molar-refractivity contribution in [1.82, 2.24) is 14.5 Å². The SMILES string of the molecule is COc1ccc(CNC(=O)c2ccc3c(c2)c(=O)n(CCCc2ccccc2)c(=O)n3C)cc1. The lowest BCUT2D eigenvalue weighted by atomic mass is 10.1. The monoisotopic (exact) mass is 457 g/mol. The maximum absolute atomic E-state index is 13.2. The maximum Gasteiger partial charge on any atom is 0.331 e. The minimum Gasteiger partial charge on any atom is -0.497 e. The zero-order chi connectivity index (χ0) is 24.1. The van der Waals surface area contributed by atoms with Gasteiger partial charge in [-0.1, -0.05) is 42.5 Å². The van der Waals surface area contributed by atoms with Crippen molar-refractivity contribution in [2.45, 2.75) is 25.9 Å². The van der Waals surface area contributed by atoms with Crippen molar-refractivity contribution in [1.29, 1.82) is 0 Å². The summed E-state index contributed by atoms with van der Waals surface area (Å²) in [4.78, 5) is 38.7. The van der Waals surface area contributed by atoms with E-state index in [1.807, 2.05) is 54.6 Å². The third-order valence-corrected chi connectivity index (χ3v) is 5.92. The van der Waals surface area contributed by atoms with Crippen LogP contribution >= 0.6 is 0 Å². The lowest BCUT2D eigenvalue weighted by molar-refractivity contribution is 0.0951. The maximum atomic E-state index is 13.2. The highest BCUT2D eigenvalue weighted by Crippen LogP contribution is 2.13. The smallest absolute Gasteiger partial charge is 0.331 e. The van der Waals surface area contributed by atoms with E-state index in [-0.39, 0.29) is 17.2 Å². The number of aryl methyl sites for hydroxylation is 2. The Morgan fingerprint density at radius 2 is 1.68 bits per heavy atom. The standard InChI is InChI=1S/C27H27N3O4/c1-29-24-15-12-21(25(31)28-18-20-10-13-22(34-2)14-11-20)17-23(24)26(32)30(27(29)33)16-6-9-19-7-4-3-5-8-19/h3-5,7-8,10-15,17H,6,9,16,18H2,1-2H3,(H,28,31). The number of nitrogens with one attached hydrogen (secondary N) is 1. The Kier molecular flexibility index (Phi) is 6.92. The number of rotatable bonds is 8. The molecule has 0 bridgehead atoms. The van der Waals surface area contributed by atoms with Gasteiger partial charge in [0.2, 0.25) is 0 Å². The normalized spacial score (nSPS) is 10.9. The number of fused-ring (bicyclic) bond motifs is 1. The van der Waals surface area contributed by atoms with Gasteiger partial charge in [-0.15, -0.1) is 0 Å². The fourth-order valence-corrected chi connectivity index (χ4v) is 3.97. The third-order valence-electron chi connectivity index (χ3n) is 5.92. The van der Waals surface area contributed by atoms with Gasteiger partial charge >= 0.3 is 5.69 Å². The molecule has 0 saturated carbocycles. The first-order chi connectivity index (χ1) is 16.5. The van der Waals surface area contributed by atoms with Crippen molar-refractivity contribution in [3.05, 3.63) is 110 Å². The summed E-state index contributed by atoms with van der Waals surface area (Å²) < 4.78 is 7.86. The molecule has 0 saturated heterocycles. The molecule has 1 heterocycles. The van der Waals surface area contributed by atoms with E-state index in [9.17, 15) is 14.4 Å². The van der Waals surface area contributed by atoms with E-state index >= 15 is 0 Å². The van der Waals surface area contributed by atoms with Crippen LogP contribution in [0, 0.1) is 0 Å². The van der Waals surface area contributed by atoms with Crippen molar-refractivity contribution in [2.24, 2.45) is 7.05 Å². The van der Waals surface area contributed by atoms with Crippen molar-refractivity contribution >= 4 is 16.8 Å². The van der Waals surface area contributed by atoms with Crippen molar-refractivity contribution < 1.29 is 9.53 Å². The minimum atomic E-state index is -0.379. The molecule has 0 aliphatic rings. The highest BCUT2D eigenvalue weighted by atomic mass is 16.5. The van der Waals surface area contributed by atoms with E-state index in [0.29, 0.717) is 36.0 Å². The highest BCUT2D eigenvalue weighted by molar-refractivity contribution is 5.97. The number of aromatic nitrogens is 2. The number of hydrogen-bond acceptors (Lipinski definition) is 4. The summed E-state index contributed by atoms with van der Waals surface area (Å²) in [7, 11) is 3.24. The van der Waals surface area contributed by atoms with Crippen molar-refractivity contribution in [3.63, 3.8) is 0 Å². The Balaban J connectivity index is 1.54. The van der Waals surface area contributed by atoms with Crippen LogP contribution in [0.2, 0.25) is 0 Å². The molecule has 1 N–H and O–H groups in total. The number of amides is 1. The number of methoxy groups -OCH3 is 1. The summed E-state index contributed by atoms with van der Waals surface area (Å²) >= 11 is 0. The number of benzene rings is 3. The Morgan fingerprint density at radius 3 is 2.38 bits per heavy atom. The molecule has 0 aliphatic heterocycles. The molecule has 0 unspecified atom stereocenters. The quantitative estimate of drug-likeness (QED) is 0.440. The molecule has 0 aliphatic carbocycles. The summed E-state index contributed by atoms with van der Waals surface area (Å²) in [5.74, 6) is 0.455. The van der Waals surface area contributed by atoms with Crippen LogP contribution in [0.1, 0.15) is 27.9 Å². The van der Waals surface area contributed by atoms with Crippen LogP contribution in [-0.4, -0.2) is 22.2 Å². The van der Waals surface area contributed by atoms with Crippen LogP contribution in [-0.2, 0) is 26.6 Å². The number of carbonyl (C=O) groups is 1. The molecule has 7 heteroatoms. The molecule has 1 amide bonds. The number of nitrogens with zero attached hydrogens (tertiary/aromatic N) is 2. The molecule has 0 atom stereocenters. The van der Waals surface area contributed by atoms with Gasteiger partial charge in [0.25, 0.3) is 11.5 Å². The Bertz CT molecular complexity index is 1420. The van der Waals surface area contributed by atoms with Gasteiger partial charge in [0.1, 0.15) is 5.75 Å². The lowest BCUT2D eigenvalue weighted by Crippen LogP contribution is -2.39.